The van der Waals surface area contributed by atoms with Crippen LogP contribution in [-0.4, -0.2) is 9.97 Å². The van der Waals surface area contributed by atoms with Gasteiger partial charge in [0.15, 0.2) is 5.58 Å². The van der Waals surface area contributed by atoms with Crippen LogP contribution in [0.15, 0.2) is 190 Å². The molecule has 0 saturated heterocycles. The van der Waals surface area contributed by atoms with Crippen molar-refractivity contribution in [2.24, 2.45) is 0 Å². The first-order valence-electron chi connectivity index (χ1n) is 18.5. The van der Waals surface area contributed by atoms with E-state index in [1.807, 2.05) is 18.0 Å². The minimum absolute atomic E-state index is 0.736. The molecule has 0 spiro atoms. The van der Waals surface area contributed by atoms with Crippen molar-refractivity contribution in [2.75, 3.05) is 4.90 Å². The molecule has 0 N–H and O–H groups in total. The van der Waals surface area contributed by atoms with Crippen LogP contribution in [-0.2, 0) is 0 Å². The quantitative estimate of drug-likeness (QED) is 0.170. The molecule has 1 aliphatic heterocycles. The number of hydrogen-bond donors (Lipinski definition) is 0. The lowest BCUT2D eigenvalue weighted by atomic mass is 9.93. The first-order chi connectivity index (χ1) is 27.2. The van der Waals surface area contributed by atoms with Crippen molar-refractivity contribution in [3.63, 3.8) is 0 Å². The van der Waals surface area contributed by atoms with Crippen LogP contribution >= 0.6 is 11.8 Å². The van der Waals surface area contributed by atoms with Gasteiger partial charge >= 0.3 is 0 Å². The summed E-state index contributed by atoms with van der Waals surface area (Å²) in [6, 6.07) is 60.5. The molecule has 5 heteroatoms. The summed E-state index contributed by atoms with van der Waals surface area (Å²) in [4.78, 5) is 15.3. The van der Waals surface area contributed by atoms with Gasteiger partial charge in [-0.2, -0.15) is 0 Å². The monoisotopic (exact) mass is 719 g/mol. The Labute approximate surface area is 320 Å². The predicted molar refractivity (Wildman–Crippen MR) is 229 cm³/mol. The van der Waals surface area contributed by atoms with Crippen LogP contribution in [0.1, 0.15) is 0 Å². The maximum atomic E-state index is 6.69. The van der Waals surface area contributed by atoms with E-state index in [0.717, 1.165) is 67.0 Å². The smallest absolute Gasteiger partial charge is 0.154 e. The number of nitrogens with zero attached hydrogens (tertiary/aromatic N) is 3. The van der Waals surface area contributed by atoms with Crippen LogP contribution in [0.5, 0.6) is 0 Å². The average Bonchev–Trinajstić information content (AvgIpc) is 3.61. The molecule has 0 atom stereocenters. The second-order valence-electron chi connectivity index (χ2n) is 14.2. The average molecular weight is 720 g/mol. The van der Waals surface area contributed by atoms with E-state index >= 15 is 0 Å². The normalized spacial score (nSPS) is 12.6. The summed E-state index contributed by atoms with van der Waals surface area (Å²) in [6.07, 6.45) is 1.95. The number of furan rings is 1. The minimum atomic E-state index is 0.736. The molecule has 256 valence electrons. The first-order valence-corrected chi connectivity index (χ1v) is 19.3. The Hall–Kier alpha value is -6.95. The van der Waals surface area contributed by atoms with Crippen LogP contribution < -0.4 is 4.90 Å². The Morgan fingerprint density at radius 3 is 1.76 bits per heavy atom. The summed E-state index contributed by atoms with van der Waals surface area (Å²) in [6.45, 7) is 0. The summed E-state index contributed by atoms with van der Waals surface area (Å²) in [5.74, 6) is 0. The van der Waals surface area contributed by atoms with Crippen LogP contribution in [0.3, 0.4) is 0 Å². The summed E-state index contributed by atoms with van der Waals surface area (Å²) >= 11 is 1.81. The number of benzene rings is 8. The fourth-order valence-electron chi connectivity index (χ4n) is 8.55. The molecule has 0 unspecified atom stereocenters. The summed E-state index contributed by atoms with van der Waals surface area (Å²) in [7, 11) is 0. The van der Waals surface area contributed by atoms with Crippen molar-refractivity contribution < 1.29 is 4.42 Å². The molecule has 55 heavy (non-hydrogen) atoms. The lowest BCUT2D eigenvalue weighted by Gasteiger charge is -2.33. The second-order valence-corrected chi connectivity index (χ2v) is 15.2. The molecule has 0 fully saturated rings. The van der Waals surface area contributed by atoms with E-state index in [0.29, 0.717) is 0 Å². The zero-order valence-electron chi connectivity index (χ0n) is 29.4. The Morgan fingerprint density at radius 1 is 0.455 bits per heavy atom. The van der Waals surface area contributed by atoms with E-state index in [-0.39, 0.29) is 0 Å². The van der Waals surface area contributed by atoms with Gasteiger partial charge in [0.25, 0.3) is 0 Å². The molecule has 3 aromatic heterocycles. The number of hydrogen-bond acceptors (Lipinski definition) is 5. The van der Waals surface area contributed by atoms with Gasteiger partial charge in [-0.3, -0.25) is 4.98 Å². The number of pyridine rings is 2. The maximum Gasteiger partial charge on any atom is 0.154 e. The molecule has 0 saturated carbocycles. The van der Waals surface area contributed by atoms with E-state index in [1.54, 1.807) is 0 Å². The number of anilines is 3. The minimum Gasteiger partial charge on any atom is -0.454 e. The molecule has 11 aromatic rings. The molecule has 1 aliphatic rings. The maximum absolute atomic E-state index is 6.69. The first kappa shape index (κ1) is 30.5. The highest BCUT2D eigenvalue weighted by molar-refractivity contribution is 7.99. The highest BCUT2D eigenvalue weighted by Crippen LogP contribution is 2.52. The van der Waals surface area contributed by atoms with Gasteiger partial charge in [0, 0.05) is 32.5 Å². The lowest BCUT2D eigenvalue weighted by molar-refractivity contribution is 0.669. The zero-order valence-corrected chi connectivity index (χ0v) is 30.2. The van der Waals surface area contributed by atoms with Gasteiger partial charge in [-0.25, -0.2) is 4.98 Å². The highest BCUT2D eigenvalue weighted by Gasteiger charge is 2.26. The Morgan fingerprint density at radius 2 is 1.04 bits per heavy atom. The van der Waals surface area contributed by atoms with Gasteiger partial charge < -0.3 is 9.32 Å². The molecule has 4 heterocycles. The van der Waals surface area contributed by atoms with Crippen LogP contribution in [0.2, 0.25) is 0 Å². The standard InChI is InChI=1S/C50H29N3OS/c1-2-14-33-30(12-1)13-11-19-38(33)43-26-32(53-44-20-7-9-22-48(44)55-49-23-10-8-21-45(49)53)25-42(52-43)31-24-47-50(51-29-31)41-27-39-36-17-5-3-15-34(36)35-16-4-6-18-37(35)40(39)28-46(41)54-47/h1-29H. The van der Waals surface area contributed by atoms with Crippen molar-refractivity contribution >= 4 is 94.0 Å². The number of para-hydroxylation sites is 2. The third-order valence-corrected chi connectivity index (χ3v) is 12.2. The van der Waals surface area contributed by atoms with Crippen LogP contribution in [0.25, 0.3) is 87.7 Å². The van der Waals surface area contributed by atoms with Crippen molar-refractivity contribution in [1.29, 1.82) is 0 Å². The highest BCUT2D eigenvalue weighted by atomic mass is 32.2. The van der Waals surface area contributed by atoms with E-state index in [4.69, 9.17) is 14.4 Å². The topological polar surface area (TPSA) is 42.2 Å². The van der Waals surface area contributed by atoms with Crippen LogP contribution in [0, 0.1) is 0 Å². The summed E-state index contributed by atoms with van der Waals surface area (Å²) in [5, 5.41) is 10.7. The van der Waals surface area contributed by atoms with E-state index in [9.17, 15) is 0 Å². The molecular weight excluding hydrogens is 691 g/mol. The molecule has 4 nitrogen and oxygen atoms in total. The van der Waals surface area contributed by atoms with E-state index in [2.05, 4.69) is 175 Å². The largest absolute Gasteiger partial charge is 0.454 e. The number of fused-ring (bicyclic) bond motifs is 12. The summed E-state index contributed by atoms with van der Waals surface area (Å²) < 4.78 is 6.69. The third-order valence-electron chi connectivity index (χ3n) is 11.0. The fourth-order valence-corrected chi connectivity index (χ4v) is 9.60. The number of aromatic nitrogens is 2. The van der Waals surface area contributed by atoms with Gasteiger partial charge in [-0.15, -0.1) is 0 Å². The van der Waals surface area contributed by atoms with E-state index < -0.39 is 0 Å². The van der Waals surface area contributed by atoms with Crippen LogP contribution in [0.4, 0.5) is 17.1 Å². The summed E-state index contributed by atoms with van der Waals surface area (Å²) in [5.41, 5.74) is 9.42. The molecular formula is C50H29N3OS. The van der Waals surface area contributed by atoms with Crippen molar-refractivity contribution in [1.82, 2.24) is 9.97 Å². The Bertz CT molecular complexity index is 3330. The van der Waals surface area contributed by atoms with Crippen molar-refractivity contribution in [2.45, 2.75) is 9.79 Å². The Balaban J connectivity index is 1.09. The second kappa shape index (κ2) is 11.8. The third kappa shape index (κ3) is 4.67. The SMILES string of the molecule is c1ccc2c(c1)Sc1ccccc1N2c1cc(-c2cnc3c(c2)oc2cc4c5ccccc5c5ccccc5c4cc23)nc(-c2cccc3ccccc23)c1. The molecule has 0 radical (unpaired) electrons. The van der Waals surface area contributed by atoms with Gasteiger partial charge in [0.1, 0.15) is 11.1 Å². The molecule has 0 bridgehead atoms. The van der Waals surface area contributed by atoms with E-state index in [1.165, 1.54) is 47.5 Å². The van der Waals surface area contributed by atoms with Gasteiger partial charge in [-0.1, -0.05) is 127 Å². The molecule has 0 aliphatic carbocycles. The Kier molecular flexibility index (Phi) is 6.53. The zero-order chi connectivity index (χ0) is 36.0. The predicted octanol–water partition coefficient (Wildman–Crippen LogP) is 14.3. The van der Waals surface area contributed by atoms with Crippen molar-refractivity contribution in [3.05, 3.63) is 176 Å². The van der Waals surface area contributed by atoms with Gasteiger partial charge in [0.2, 0.25) is 0 Å². The molecule has 8 aromatic carbocycles. The van der Waals surface area contributed by atoms with Gasteiger partial charge in [-0.05, 0) is 97.7 Å². The number of rotatable bonds is 3. The molecule has 0 amide bonds. The fraction of sp³-hybridized carbons (Fsp3) is 0. The van der Waals surface area contributed by atoms with Crippen molar-refractivity contribution in [3.8, 4) is 22.5 Å². The molecule has 12 rings (SSSR count). The lowest BCUT2D eigenvalue weighted by Crippen LogP contribution is -2.15. The van der Waals surface area contributed by atoms with Gasteiger partial charge in [0.05, 0.1) is 28.5 Å².